The van der Waals surface area contributed by atoms with Crippen LogP contribution in [0.15, 0.2) is 42.6 Å². The molecular formula is C12H16N+. The van der Waals surface area contributed by atoms with E-state index in [1.807, 2.05) is 18.3 Å². The smallest absolute Gasteiger partial charge is 0.171 e. The van der Waals surface area contributed by atoms with Crippen LogP contribution in [0, 0.1) is 6.92 Å². The predicted octanol–water partition coefficient (Wildman–Crippen LogP) is 2.72. The summed E-state index contributed by atoms with van der Waals surface area (Å²) in [5.41, 5.74) is 1.24. The fourth-order valence-electron chi connectivity index (χ4n) is 1.07. The van der Waals surface area contributed by atoms with Crippen molar-refractivity contribution in [2.24, 2.45) is 0 Å². The second-order valence-electron chi connectivity index (χ2n) is 2.93. The van der Waals surface area contributed by atoms with Crippen LogP contribution in [0.2, 0.25) is 0 Å². The largest absolute Gasteiger partial charge is 0.183 e. The Bertz CT molecular complexity index is 311. The third-order valence-electron chi connectivity index (χ3n) is 1.83. The number of allylic oxidation sites excluding steroid dienone is 3. The first kappa shape index (κ1) is 9.72. The highest BCUT2D eigenvalue weighted by Gasteiger charge is 1.96. The molecule has 0 bridgehead atoms. The van der Waals surface area contributed by atoms with Crippen molar-refractivity contribution in [1.29, 1.82) is 0 Å². The normalized spacial score (nSPS) is 11.5. The lowest BCUT2D eigenvalue weighted by atomic mass is 10.3. The highest BCUT2D eigenvalue weighted by Crippen LogP contribution is 1.88. The molecule has 0 aliphatic carbocycles. The average molecular weight is 174 g/mol. The maximum absolute atomic E-state index is 2.13. The van der Waals surface area contributed by atoms with Gasteiger partial charge in [-0.15, -0.1) is 0 Å². The SMILES string of the molecule is CCC=CC=C[n+]1ccccc1C. The van der Waals surface area contributed by atoms with Crippen LogP contribution in [0.3, 0.4) is 0 Å². The molecular weight excluding hydrogens is 158 g/mol. The first-order chi connectivity index (χ1) is 6.34. The van der Waals surface area contributed by atoms with Crippen LogP contribution >= 0.6 is 0 Å². The van der Waals surface area contributed by atoms with E-state index in [2.05, 4.69) is 48.9 Å². The molecule has 0 aliphatic rings. The summed E-state index contributed by atoms with van der Waals surface area (Å²) >= 11 is 0. The Morgan fingerprint density at radius 2 is 2.15 bits per heavy atom. The molecule has 1 heteroatoms. The number of aryl methyl sites for hydroxylation is 1. The standard InChI is InChI=1S/C12H16N/c1-3-4-5-7-10-13-11-8-6-9-12(13)2/h4-11H,3H2,1-2H3/q+1. The summed E-state index contributed by atoms with van der Waals surface area (Å²) in [4.78, 5) is 0. The number of hydrogen-bond acceptors (Lipinski definition) is 0. The molecule has 1 heterocycles. The molecule has 68 valence electrons. The molecule has 0 saturated carbocycles. The Morgan fingerprint density at radius 3 is 2.85 bits per heavy atom. The first-order valence-electron chi connectivity index (χ1n) is 4.64. The van der Waals surface area contributed by atoms with E-state index >= 15 is 0 Å². The molecule has 1 nitrogen and oxygen atoms in total. The number of hydrogen-bond donors (Lipinski definition) is 0. The van der Waals surface area contributed by atoms with E-state index in [1.165, 1.54) is 5.69 Å². The number of nitrogens with zero attached hydrogens (tertiary/aromatic N) is 1. The summed E-state index contributed by atoms with van der Waals surface area (Å²) in [6.45, 7) is 4.22. The number of pyridine rings is 1. The van der Waals surface area contributed by atoms with Gasteiger partial charge >= 0.3 is 0 Å². The van der Waals surface area contributed by atoms with E-state index in [9.17, 15) is 0 Å². The van der Waals surface area contributed by atoms with Crippen LogP contribution in [0.25, 0.3) is 6.20 Å². The fourth-order valence-corrected chi connectivity index (χ4v) is 1.07. The molecule has 1 rings (SSSR count). The van der Waals surface area contributed by atoms with Gasteiger partial charge in [0.2, 0.25) is 0 Å². The van der Waals surface area contributed by atoms with Gasteiger partial charge in [-0.2, -0.15) is 4.57 Å². The van der Waals surface area contributed by atoms with Crippen LogP contribution in [0.1, 0.15) is 19.0 Å². The van der Waals surface area contributed by atoms with E-state index in [0.717, 1.165) is 6.42 Å². The molecule has 1 aromatic heterocycles. The summed E-state index contributed by atoms with van der Waals surface area (Å²) in [5.74, 6) is 0. The highest BCUT2D eigenvalue weighted by molar-refractivity contribution is 5.17. The van der Waals surface area contributed by atoms with Crippen molar-refractivity contribution in [3.05, 3.63) is 48.3 Å². The van der Waals surface area contributed by atoms with Gasteiger partial charge in [0.05, 0.1) is 0 Å². The van der Waals surface area contributed by atoms with E-state index in [0.29, 0.717) is 0 Å². The zero-order valence-electron chi connectivity index (χ0n) is 8.27. The average Bonchev–Trinajstić information content (AvgIpc) is 2.15. The topological polar surface area (TPSA) is 3.88 Å². The molecule has 0 aromatic carbocycles. The van der Waals surface area contributed by atoms with Gasteiger partial charge in [0.15, 0.2) is 18.1 Å². The van der Waals surface area contributed by atoms with Crippen LogP contribution in [-0.2, 0) is 0 Å². The third kappa shape index (κ3) is 3.24. The quantitative estimate of drug-likeness (QED) is 0.490. The van der Waals surface area contributed by atoms with Gasteiger partial charge in [0.25, 0.3) is 0 Å². The van der Waals surface area contributed by atoms with Crippen molar-refractivity contribution in [2.45, 2.75) is 20.3 Å². The van der Waals surface area contributed by atoms with Crippen molar-refractivity contribution in [2.75, 3.05) is 0 Å². The second-order valence-corrected chi connectivity index (χ2v) is 2.93. The van der Waals surface area contributed by atoms with Crippen LogP contribution in [0.4, 0.5) is 0 Å². The van der Waals surface area contributed by atoms with Gasteiger partial charge < -0.3 is 0 Å². The van der Waals surface area contributed by atoms with Gasteiger partial charge in [-0.1, -0.05) is 25.1 Å². The lowest BCUT2D eigenvalue weighted by Gasteiger charge is -1.89. The minimum absolute atomic E-state index is 1.09. The molecule has 0 radical (unpaired) electrons. The lowest BCUT2D eigenvalue weighted by molar-refractivity contribution is -0.575. The van der Waals surface area contributed by atoms with E-state index in [4.69, 9.17) is 0 Å². The van der Waals surface area contributed by atoms with E-state index in [-0.39, 0.29) is 0 Å². The van der Waals surface area contributed by atoms with Gasteiger partial charge in [-0.05, 0) is 6.42 Å². The molecule has 0 N–H and O–H groups in total. The van der Waals surface area contributed by atoms with Crippen LogP contribution in [0.5, 0.6) is 0 Å². The third-order valence-corrected chi connectivity index (χ3v) is 1.83. The lowest BCUT2D eigenvalue weighted by Crippen LogP contribution is -2.28. The minimum Gasteiger partial charge on any atom is -0.171 e. The molecule has 0 spiro atoms. The Morgan fingerprint density at radius 1 is 1.31 bits per heavy atom. The van der Waals surface area contributed by atoms with Gasteiger partial charge in [0.1, 0.15) is 0 Å². The monoisotopic (exact) mass is 174 g/mol. The fraction of sp³-hybridized carbons (Fsp3) is 0.250. The number of aromatic nitrogens is 1. The van der Waals surface area contributed by atoms with Crippen molar-refractivity contribution in [3.63, 3.8) is 0 Å². The summed E-state index contributed by atoms with van der Waals surface area (Å²) in [7, 11) is 0. The minimum atomic E-state index is 1.09. The summed E-state index contributed by atoms with van der Waals surface area (Å²) in [5, 5.41) is 0. The Kier molecular flexibility index (Phi) is 3.97. The highest BCUT2D eigenvalue weighted by atomic mass is 14.9. The van der Waals surface area contributed by atoms with Crippen molar-refractivity contribution < 1.29 is 4.57 Å². The molecule has 0 fully saturated rings. The summed E-state index contributed by atoms with van der Waals surface area (Å²) in [6.07, 6.45) is 11.4. The molecule has 0 amide bonds. The zero-order valence-corrected chi connectivity index (χ0v) is 8.27. The molecule has 0 saturated heterocycles. The molecule has 1 aromatic rings. The Balaban J connectivity index is 2.68. The zero-order chi connectivity index (χ0) is 9.52. The van der Waals surface area contributed by atoms with E-state index < -0.39 is 0 Å². The summed E-state index contributed by atoms with van der Waals surface area (Å²) < 4.78 is 2.10. The molecule has 0 unspecified atom stereocenters. The molecule has 0 aliphatic heterocycles. The van der Waals surface area contributed by atoms with Gasteiger partial charge in [0, 0.05) is 25.1 Å². The van der Waals surface area contributed by atoms with E-state index in [1.54, 1.807) is 0 Å². The van der Waals surface area contributed by atoms with Crippen molar-refractivity contribution in [1.82, 2.24) is 0 Å². The molecule has 0 atom stereocenters. The predicted molar refractivity (Wildman–Crippen MR) is 56.1 cm³/mol. The summed E-state index contributed by atoms with van der Waals surface area (Å²) in [6, 6.07) is 6.16. The molecule has 13 heavy (non-hydrogen) atoms. The maximum Gasteiger partial charge on any atom is 0.183 e. The Hall–Kier alpha value is -1.37. The van der Waals surface area contributed by atoms with Crippen LogP contribution < -0.4 is 4.57 Å². The maximum atomic E-state index is 2.13. The second kappa shape index (κ2) is 5.31. The number of rotatable bonds is 3. The van der Waals surface area contributed by atoms with Crippen molar-refractivity contribution >= 4 is 6.20 Å². The Labute approximate surface area is 80.0 Å². The van der Waals surface area contributed by atoms with Gasteiger partial charge in [-0.25, -0.2) is 0 Å². The van der Waals surface area contributed by atoms with Crippen molar-refractivity contribution in [3.8, 4) is 0 Å². The van der Waals surface area contributed by atoms with Crippen LogP contribution in [-0.4, -0.2) is 0 Å². The van der Waals surface area contributed by atoms with Gasteiger partial charge in [-0.3, -0.25) is 0 Å². The first-order valence-corrected chi connectivity index (χ1v) is 4.64.